The Morgan fingerprint density at radius 1 is 1.62 bits per heavy atom. The van der Waals surface area contributed by atoms with E-state index in [1.807, 2.05) is 6.07 Å². The van der Waals surface area contributed by atoms with Crippen LogP contribution in [0.3, 0.4) is 0 Å². The molecule has 0 aliphatic heterocycles. The molecule has 0 saturated carbocycles. The van der Waals surface area contributed by atoms with Gasteiger partial charge in [-0.25, -0.2) is 4.98 Å². The van der Waals surface area contributed by atoms with Crippen molar-refractivity contribution in [1.82, 2.24) is 4.98 Å². The van der Waals surface area contributed by atoms with Crippen molar-refractivity contribution >= 4 is 17.4 Å². The third-order valence-corrected chi connectivity index (χ3v) is 1.47. The van der Waals surface area contributed by atoms with Crippen molar-refractivity contribution in [2.45, 2.75) is 0 Å². The van der Waals surface area contributed by atoms with Gasteiger partial charge in [-0.2, -0.15) is 5.26 Å². The van der Waals surface area contributed by atoms with E-state index in [2.05, 4.69) is 16.8 Å². The van der Waals surface area contributed by atoms with Crippen LogP contribution < -0.4 is 5.73 Å². The molecule has 1 rings (SSSR count). The molecule has 0 radical (unpaired) electrons. The second-order valence-corrected chi connectivity index (χ2v) is 2.47. The number of nitrogen functional groups attached to an aromatic ring is 1. The van der Waals surface area contributed by atoms with Crippen LogP contribution in [0.4, 0.5) is 5.82 Å². The van der Waals surface area contributed by atoms with E-state index < -0.39 is 0 Å². The minimum absolute atomic E-state index is 0.221. The highest BCUT2D eigenvalue weighted by Gasteiger charge is 1.98. The SMILES string of the molecule is N#Cc1cc(C#CCCl)cnc1N. The maximum absolute atomic E-state index is 8.62. The van der Waals surface area contributed by atoms with E-state index in [4.69, 9.17) is 22.6 Å². The Balaban J connectivity index is 3.08. The zero-order valence-electron chi connectivity index (χ0n) is 6.71. The monoisotopic (exact) mass is 191 g/mol. The number of hydrogen-bond donors (Lipinski definition) is 1. The van der Waals surface area contributed by atoms with Gasteiger partial charge >= 0.3 is 0 Å². The van der Waals surface area contributed by atoms with E-state index in [9.17, 15) is 0 Å². The summed E-state index contributed by atoms with van der Waals surface area (Å²) in [5.41, 5.74) is 6.40. The highest BCUT2D eigenvalue weighted by molar-refractivity contribution is 6.19. The number of alkyl halides is 1. The third-order valence-electron chi connectivity index (χ3n) is 1.34. The van der Waals surface area contributed by atoms with Crippen molar-refractivity contribution in [3.8, 4) is 17.9 Å². The first-order chi connectivity index (χ1) is 6.27. The van der Waals surface area contributed by atoms with Crippen LogP contribution in [-0.4, -0.2) is 10.9 Å². The molecule has 0 aliphatic rings. The first kappa shape index (κ1) is 9.38. The Hall–Kier alpha value is -1.71. The lowest BCUT2D eigenvalue weighted by atomic mass is 10.2. The van der Waals surface area contributed by atoms with Gasteiger partial charge in [0.2, 0.25) is 0 Å². The number of halogens is 1. The molecule has 1 aromatic rings. The van der Waals surface area contributed by atoms with Crippen molar-refractivity contribution in [3.63, 3.8) is 0 Å². The van der Waals surface area contributed by atoms with Crippen LogP contribution in [0.5, 0.6) is 0 Å². The number of hydrogen-bond acceptors (Lipinski definition) is 3. The summed E-state index contributed by atoms with van der Waals surface area (Å²) in [5.74, 6) is 5.88. The molecule has 0 amide bonds. The Morgan fingerprint density at radius 3 is 3.00 bits per heavy atom. The average molecular weight is 192 g/mol. The largest absolute Gasteiger partial charge is 0.383 e. The molecule has 0 spiro atoms. The minimum Gasteiger partial charge on any atom is -0.383 e. The summed E-state index contributed by atoms with van der Waals surface area (Å²) in [6, 6.07) is 3.51. The van der Waals surface area contributed by atoms with Gasteiger partial charge in [-0.1, -0.05) is 11.8 Å². The molecule has 2 N–H and O–H groups in total. The van der Waals surface area contributed by atoms with Crippen LogP contribution in [0.15, 0.2) is 12.3 Å². The first-order valence-electron chi connectivity index (χ1n) is 3.48. The zero-order chi connectivity index (χ0) is 9.68. The van der Waals surface area contributed by atoms with Crippen LogP contribution in [-0.2, 0) is 0 Å². The molecule has 0 bridgehead atoms. The number of nitrogens with two attached hydrogens (primary N) is 1. The zero-order valence-corrected chi connectivity index (χ0v) is 7.47. The van der Waals surface area contributed by atoms with Crippen molar-refractivity contribution < 1.29 is 0 Å². The van der Waals surface area contributed by atoms with Gasteiger partial charge < -0.3 is 5.73 Å². The molecule has 4 heteroatoms. The van der Waals surface area contributed by atoms with Crippen molar-refractivity contribution in [3.05, 3.63) is 23.4 Å². The van der Waals surface area contributed by atoms with E-state index in [-0.39, 0.29) is 11.7 Å². The van der Waals surface area contributed by atoms with Gasteiger partial charge in [-0.3, -0.25) is 0 Å². The average Bonchev–Trinajstić information content (AvgIpc) is 2.16. The third kappa shape index (κ3) is 2.37. The van der Waals surface area contributed by atoms with Crippen LogP contribution in [0, 0.1) is 23.2 Å². The van der Waals surface area contributed by atoms with E-state index in [0.717, 1.165) is 0 Å². The molecule has 0 fully saturated rings. The van der Waals surface area contributed by atoms with Crippen molar-refractivity contribution in [2.24, 2.45) is 0 Å². The first-order valence-corrected chi connectivity index (χ1v) is 4.02. The van der Waals surface area contributed by atoms with E-state index >= 15 is 0 Å². The van der Waals surface area contributed by atoms with Crippen LogP contribution >= 0.6 is 11.6 Å². The Morgan fingerprint density at radius 2 is 2.38 bits per heavy atom. The summed E-state index contributed by atoms with van der Waals surface area (Å²) < 4.78 is 0. The fourth-order valence-corrected chi connectivity index (χ4v) is 0.836. The van der Waals surface area contributed by atoms with Gasteiger partial charge in [-0.15, -0.1) is 11.6 Å². The van der Waals surface area contributed by atoms with E-state index in [1.165, 1.54) is 6.20 Å². The predicted octanol–water partition coefficient (Wildman–Crippen LogP) is 1.13. The highest BCUT2D eigenvalue weighted by atomic mass is 35.5. The minimum atomic E-state index is 0.221. The summed E-state index contributed by atoms with van der Waals surface area (Å²) in [7, 11) is 0. The lowest BCUT2D eigenvalue weighted by molar-refractivity contribution is 1.30. The summed E-state index contributed by atoms with van der Waals surface area (Å²) in [6.45, 7) is 0. The van der Waals surface area contributed by atoms with Crippen LogP contribution in [0.1, 0.15) is 11.1 Å². The van der Waals surface area contributed by atoms with Gasteiger partial charge in [-0.05, 0) is 6.07 Å². The molecule has 0 aliphatic carbocycles. The molecule has 1 aromatic heterocycles. The molecule has 0 atom stereocenters. The van der Waals surface area contributed by atoms with Gasteiger partial charge in [0.25, 0.3) is 0 Å². The molecular weight excluding hydrogens is 186 g/mol. The van der Waals surface area contributed by atoms with Gasteiger partial charge in [0.15, 0.2) is 0 Å². The molecule has 0 saturated heterocycles. The fourth-order valence-electron chi connectivity index (χ4n) is 0.769. The van der Waals surface area contributed by atoms with E-state index in [0.29, 0.717) is 11.1 Å². The quantitative estimate of drug-likeness (QED) is 0.494. The maximum Gasteiger partial charge on any atom is 0.141 e. The lowest BCUT2D eigenvalue weighted by Gasteiger charge is -1.95. The summed E-state index contributed by atoms with van der Waals surface area (Å²) >= 11 is 5.37. The Bertz CT molecular complexity index is 409. The Kier molecular flexibility index (Phi) is 3.14. The topological polar surface area (TPSA) is 62.7 Å². The molecular formula is C9H6ClN3. The number of rotatable bonds is 0. The number of pyridine rings is 1. The molecule has 3 nitrogen and oxygen atoms in total. The van der Waals surface area contributed by atoms with Crippen LogP contribution in [0.2, 0.25) is 0 Å². The van der Waals surface area contributed by atoms with Gasteiger partial charge in [0.05, 0.1) is 11.4 Å². The number of nitrogens with zero attached hydrogens (tertiary/aromatic N) is 2. The fraction of sp³-hybridized carbons (Fsp3) is 0.111. The molecule has 64 valence electrons. The van der Waals surface area contributed by atoms with Crippen molar-refractivity contribution in [1.29, 1.82) is 5.26 Å². The van der Waals surface area contributed by atoms with Crippen LogP contribution in [0.25, 0.3) is 0 Å². The maximum atomic E-state index is 8.62. The van der Waals surface area contributed by atoms with Gasteiger partial charge in [0.1, 0.15) is 11.9 Å². The Labute approximate surface area is 81.1 Å². The smallest absolute Gasteiger partial charge is 0.141 e. The predicted molar refractivity (Wildman–Crippen MR) is 51.0 cm³/mol. The number of aromatic nitrogens is 1. The number of nitriles is 1. The number of anilines is 1. The molecule has 0 unspecified atom stereocenters. The second-order valence-electron chi connectivity index (χ2n) is 2.20. The van der Waals surface area contributed by atoms with Gasteiger partial charge in [0, 0.05) is 11.8 Å². The van der Waals surface area contributed by atoms with E-state index in [1.54, 1.807) is 6.07 Å². The lowest BCUT2D eigenvalue weighted by Crippen LogP contribution is -1.94. The highest BCUT2D eigenvalue weighted by Crippen LogP contribution is 2.07. The normalized spacial score (nSPS) is 8.31. The molecule has 13 heavy (non-hydrogen) atoms. The summed E-state index contributed by atoms with van der Waals surface area (Å²) in [5, 5.41) is 8.62. The molecule has 0 aromatic carbocycles. The second kappa shape index (κ2) is 4.35. The standard InChI is InChI=1S/C9H6ClN3/c10-3-1-2-7-4-8(5-11)9(12)13-6-7/h4,6H,3H2,(H2,12,13). The van der Waals surface area contributed by atoms with Crippen molar-refractivity contribution in [2.75, 3.05) is 11.6 Å². The molecule has 1 heterocycles. The summed E-state index contributed by atoms with van der Waals surface area (Å²) in [4.78, 5) is 3.81. The summed E-state index contributed by atoms with van der Waals surface area (Å²) in [6.07, 6.45) is 1.51.